The second-order valence-electron chi connectivity index (χ2n) is 6.48. The van der Waals surface area contributed by atoms with Gasteiger partial charge in [-0.2, -0.15) is 0 Å². The lowest BCUT2D eigenvalue weighted by atomic mass is 10.1. The van der Waals surface area contributed by atoms with Crippen LogP contribution in [0.3, 0.4) is 0 Å². The van der Waals surface area contributed by atoms with Crippen LogP contribution >= 0.6 is 0 Å². The summed E-state index contributed by atoms with van der Waals surface area (Å²) in [6.45, 7) is 1.48. The van der Waals surface area contributed by atoms with Crippen molar-refractivity contribution in [2.24, 2.45) is 0 Å². The highest BCUT2D eigenvalue weighted by molar-refractivity contribution is 6.03. The second-order valence-corrected chi connectivity index (χ2v) is 6.48. The average Bonchev–Trinajstić information content (AvgIpc) is 2.69. The number of fused-ring (bicyclic) bond motifs is 1. The van der Waals surface area contributed by atoms with Gasteiger partial charge in [-0.15, -0.1) is 0 Å². The second kappa shape index (κ2) is 8.52. The van der Waals surface area contributed by atoms with Gasteiger partial charge in [0.1, 0.15) is 11.6 Å². The minimum absolute atomic E-state index is 0.112. The molecule has 0 radical (unpaired) electrons. The number of anilines is 1. The smallest absolute Gasteiger partial charge is 0.263 e. The van der Waals surface area contributed by atoms with Crippen molar-refractivity contribution in [1.29, 1.82) is 0 Å². The summed E-state index contributed by atoms with van der Waals surface area (Å²) in [4.78, 5) is 26.2. The highest BCUT2D eigenvalue weighted by Gasteiger charge is 2.21. The summed E-state index contributed by atoms with van der Waals surface area (Å²) in [5.74, 6) is -0.650. The summed E-state index contributed by atoms with van der Waals surface area (Å²) in [5.41, 5.74) is 0.694. The Morgan fingerprint density at radius 2 is 1.71 bits per heavy atom. The van der Waals surface area contributed by atoms with Crippen molar-refractivity contribution < 1.29 is 18.7 Å². The molecule has 144 valence electrons. The zero-order chi connectivity index (χ0) is 20.1. The Hall–Kier alpha value is -3.41. The molecule has 6 heteroatoms. The number of halogens is 1. The summed E-state index contributed by atoms with van der Waals surface area (Å²) in [7, 11) is 1.54. The predicted molar refractivity (Wildman–Crippen MR) is 107 cm³/mol. The number of ether oxygens (including phenoxy) is 1. The first-order valence-corrected chi connectivity index (χ1v) is 8.89. The predicted octanol–water partition coefficient (Wildman–Crippen LogP) is 3.84. The molecular formula is C22H21FN2O3. The van der Waals surface area contributed by atoms with Crippen LogP contribution in [0.1, 0.15) is 6.92 Å². The minimum Gasteiger partial charge on any atom is -0.481 e. The molecule has 1 atom stereocenters. The largest absolute Gasteiger partial charge is 0.481 e. The summed E-state index contributed by atoms with van der Waals surface area (Å²) >= 11 is 0. The summed E-state index contributed by atoms with van der Waals surface area (Å²) in [5, 5.41) is 4.80. The van der Waals surface area contributed by atoms with Gasteiger partial charge in [-0.1, -0.05) is 36.4 Å². The Balaban J connectivity index is 1.59. The highest BCUT2D eigenvalue weighted by Crippen LogP contribution is 2.22. The van der Waals surface area contributed by atoms with Gasteiger partial charge in [-0.05, 0) is 42.6 Å². The maximum absolute atomic E-state index is 13.0. The molecule has 3 rings (SSSR count). The van der Waals surface area contributed by atoms with Crippen LogP contribution in [0.2, 0.25) is 0 Å². The zero-order valence-corrected chi connectivity index (χ0v) is 15.7. The minimum atomic E-state index is -0.805. The molecule has 0 fully saturated rings. The third-order valence-electron chi connectivity index (χ3n) is 4.29. The third-order valence-corrected chi connectivity index (χ3v) is 4.29. The molecule has 5 nitrogen and oxygen atoms in total. The number of nitrogens with one attached hydrogen (secondary N) is 1. The van der Waals surface area contributed by atoms with Crippen LogP contribution < -0.4 is 10.1 Å². The summed E-state index contributed by atoms with van der Waals surface area (Å²) in [6, 6.07) is 18.8. The number of nitrogens with zero attached hydrogens (tertiary/aromatic N) is 1. The van der Waals surface area contributed by atoms with E-state index in [1.54, 1.807) is 6.92 Å². The topological polar surface area (TPSA) is 58.6 Å². The number of carbonyl (C=O) groups is 2. The fourth-order valence-electron chi connectivity index (χ4n) is 2.90. The normalized spacial score (nSPS) is 11.7. The lowest BCUT2D eigenvalue weighted by Crippen LogP contribution is -2.42. The molecule has 0 aliphatic heterocycles. The van der Waals surface area contributed by atoms with Gasteiger partial charge in [-0.3, -0.25) is 9.59 Å². The van der Waals surface area contributed by atoms with E-state index < -0.39 is 6.10 Å². The van der Waals surface area contributed by atoms with Gasteiger partial charge in [0, 0.05) is 18.1 Å². The summed E-state index contributed by atoms with van der Waals surface area (Å²) < 4.78 is 18.5. The number of likely N-dealkylation sites (N-methyl/N-ethyl adjacent to an activating group) is 1. The maximum Gasteiger partial charge on any atom is 0.263 e. The van der Waals surface area contributed by atoms with Crippen molar-refractivity contribution in [3.8, 4) is 5.75 Å². The van der Waals surface area contributed by atoms with E-state index in [4.69, 9.17) is 4.74 Å². The Morgan fingerprint density at radius 1 is 1.04 bits per heavy atom. The van der Waals surface area contributed by atoms with E-state index in [9.17, 15) is 14.0 Å². The molecule has 0 saturated heterocycles. The summed E-state index contributed by atoms with van der Waals surface area (Å²) in [6.07, 6.45) is -0.805. The van der Waals surface area contributed by atoms with Crippen molar-refractivity contribution in [2.45, 2.75) is 13.0 Å². The molecule has 0 aromatic heterocycles. The van der Waals surface area contributed by atoms with E-state index >= 15 is 0 Å². The van der Waals surface area contributed by atoms with Gasteiger partial charge in [0.25, 0.3) is 5.91 Å². The Labute approximate surface area is 162 Å². The lowest BCUT2D eigenvalue weighted by Gasteiger charge is -2.22. The van der Waals surface area contributed by atoms with Crippen LogP contribution in [-0.4, -0.2) is 36.4 Å². The van der Waals surface area contributed by atoms with E-state index in [-0.39, 0.29) is 24.2 Å². The van der Waals surface area contributed by atoms with E-state index in [1.165, 1.54) is 36.2 Å². The number of carbonyl (C=O) groups excluding carboxylic acids is 2. The average molecular weight is 380 g/mol. The Morgan fingerprint density at radius 3 is 2.46 bits per heavy atom. The standard InChI is InChI=1S/C22H21FN2O3/c1-15(28-18-12-10-17(23)11-13-18)22(27)25(2)14-21(26)24-20-9-5-7-16-6-3-4-8-19(16)20/h3-13,15H,14H2,1-2H3,(H,24,26)/t15-/m0/s1. The zero-order valence-electron chi connectivity index (χ0n) is 15.7. The number of benzene rings is 3. The Kier molecular flexibility index (Phi) is 5.89. The van der Waals surface area contributed by atoms with E-state index in [0.717, 1.165) is 10.8 Å². The van der Waals surface area contributed by atoms with E-state index in [2.05, 4.69) is 5.32 Å². The first-order valence-electron chi connectivity index (χ1n) is 8.89. The third kappa shape index (κ3) is 4.65. The number of hydrogen-bond acceptors (Lipinski definition) is 3. The maximum atomic E-state index is 13.0. The van der Waals surface area contributed by atoms with Crippen LogP contribution in [0, 0.1) is 5.82 Å². The molecule has 3 aromatic rings. The van der Waals surface area contributed by atoms with Crippen LogP contribution in [0.25, 0.3) is 10.8 Å². The molecule has 0 unspecified atom stereocenters. The van der Waals surface area contributed by atoms with E-state index in [0.29, 0.717) is 11.4 Å². The van der Waals surface area contributed by atoms with Gasteiger partial charge in [-0.25, -0.2) is 4.39 Å². The SMILES string of the molecule is C[C@H](Oc1ccc(F)cc1)C(=O)N(C)CC(=O)Nc1cccc2ccccc12. The number of rotatable bonds is 6. The quantitative estimate of drug-likeness (QED) is 0.707. The van der Waals surface area contributed by atoms with Crippen LogP contribution in [-0.2, 0) is 9.59 Å². The monoisotopic (exact) mass is 380 g/mol. The molecule has 0 saturated carbocycles. The molecule has 0 aliphatic rings. The fraction of sp³-hybridized carbons (Fsp3) is 0.182. The van der Waals surface area contributed by atoms with Crippen molar-refractivity contribution >= 4 is 28.3 Å². The highest BCUT2D eigenvalue weighted by atomic mass is 19.1. The van der Waals surface area contributed by atoms with Gasteiger partial charge in [0.05, 0.1) is 6.54 Å². The van der Waals surface area contributed by atoms with Crippen molar-refractivity contribution in [1.82, 2.24) is 4.90 Å². The molecule has 2 amide bonds. The molecule has 28 heavy (non-hydrogen) atoms. The van der Waals surface area contributed by atoms with Crippen LogP contribution in [0.5, 0.6) is 5.75 Å². The molecule has 0 spiro atoms. The van der Waals surface area contributed by atoms with Gasteiger partial charge in [0.15, 0.2) is 6.10 Å². The van der Waals surface area contributed by atoms with Gasteiger partial charge < -0.3 is 15.0 Å². The number of amides is 2. The molecule has 0 bridgehead atoms. The molecule has 1 N–H and O–H groups in total. The van der Waals surface area contributed by atoms with Crippen molar-refractivity contribution in [3.63, 3.8) is 0 Å². The van der Waals surface area contributed by atoms with Gasteiger partial charge in [0.2, 0.25) is 5.91 Å². The number of hydrogen-bond donors (Lipinski definition) is 1. The first-order chi connectivity index (χ1) is 13.4. The van der Waals surface area contributed by atoms with Crippen molar-refractivity contribution in [3.05, 3.63) is 72.5 Å². The lowest BCUT2D eigenvalue weighted by molar-refractivity contribution is -0.139. The van der Waals surface area contributed by atoms with E-state index in [1.807, 2.05) is 42.5 Å². The first kappa shape index (κ1) is 19.4. The molecule has 0 aliphatic carbocycles. The van der Waals surface area contributed by atoms with Crippen molar-refractivity contribution in [2.75, 3.05) is 18.9 Å². The van der Waals surface area contributed by atoms with Gasteiger partial charge >= 0.3 is 0 Å². The Bertz CT molecular complexity index is 983. The van der Waals surface area contributed by atoms with Crippen LogP contribution in [0.4, 0.5) is 10.1 Å². The molecule has 0 heterocycles. The molecule has 3 aromatic carbocycles. The molecular weight excluding hydrogens is 359 g/mol. The fourth-order valence-corrected chi connectivity index (χ4v) is 2.90. The van der Waals surface area contributed by atoms with Crippen LogP contribution in [0.15, 0.2) is 66.7 Å².